The van der Waals surface area contributed by atoms with E-state index in [0.717, 1.165) is 23.4 Å². The van der Waals surface area contributed by atoms with Crippen molar-refractivity contribution in [1.82, 2.24) is 14.9 Å². The molecule has 0 aliphatic rings. The number of aromatic nitrogens is 2. The van der Waals surface area contributed by atoms with Crippen LogP contribution in [0, 0.1) is 6.92 Å². The van der Waals surface area contributed by atoms with Crippen LogP contribution < -0.4 is 5.32 Å². The van der Waals surface area contributed by atoms with Gasteiger partial charge in [-0.2, -0.15) is 0 Å². The van der Waals surface area contributed by atoms with Crippen LogP contribution in [0.4, 0.5) is 5.69 Å². The molecular weight excluding hydrogens is 336 g/mol. The van der Waals surface area contributed by atoms with E-state index in [1.165, 1.54) is 0 Å². The first-order valence-corrected chi connectivity index (χ1v) is 8.96. The van der Waals surface area contributed by atoms with Crippen molar-refractivity contribution in [2.75, 3.05) is 12.4 Å². The van der Waals surface area contributed by atoms with Gasteiger partial charge in [-0.05, 0) is 62.4 Å². The van der Waals surface area contributed by atoms with E-state index < -0.39 is 0 Å². The summed E-state index contributed by atoms with van der Waals surface area (Å²) in [5.74, 6) is -0.135. The smallest absolute Gasteiger partial charge is 0.255 e. The second kappa shape index (κ2) is 8.56. The molecule has 27 heavy (non-hydrogen) atoms. The molecule has 0 aliphatic heterocycles. The molecule has 0 fully saturated rings. The van der Waals surface area contributed by atoms with Gasteiger partial charge in [0, 0.05) is 30.5 Å². The summed E-state index contributed by atoms with van der Waals surface area (Å²) in [6.45, 7) is 4.86. The molecule has 1 amide bonds. The molecule has 138 valence electrons. The molecule has 0 bridgehead atoms. The van der Waals surface area contributed by atoms with Crippen LogP contribution in [0.25, 0.3) is 0 Å². The lowest BCUT2D eigenvalue weighted by Crippen LogP contribution is -2.22. The van der Waals surface area contributed by atoms with Crippen LogP contribution in [-0.4, -0.2) is 27.8 Å². The molecule has 1 N–H and O–H groups in total. The minimum absolute atomic E-state index is 0.135. The average Bonchev–Trinajstić information content (AvgIpc) is 2.68. The number of nitrogens with zero attached hydrogens (tertiary/aromatic N) is 3. The van der Waals surface area contributed by atoms with E-state index in [2.05, 4.69) is 34.2 Å². The van der Waals surface area contributed by atoms with Gasteiger partial charge in [-0.25, -0.2) is 0 Å². The van der Waals surface area contributed by atoms with Crippen molar-refractivity contribution in [1.29, 1.82) is 0 Å². The van der Waals surface area contributed by atoms with Gasteiger partial charge in [-0.1, -0.05) is 18.2 Å². The van der Waals surface area contributed by atoms with Gasteiger partial charge in [0.15, 0.2) is 0 Å². The number of rotatable bonds is 6. The Hall–Kier alpha value is -3.05. The van der Waals surface area contributed by atoms with Crippen LogP contribution >= 0.6 is 0 Å². The van der Waals surface area contributed by atoms with Gasteiger partial charge < -0.3 is 5.32 Å². The van der Waals surface area contributed by atoms with E-state index in [9.17, 15) is 4.79 Å². The Labute approximate surface area is 160 Å². The standard InChI is InChI=1S/C22H24N4O/c1-16-12-20(14-23-13-16)25-22(27)19-9-7-18(8-10-19)15-26(3)17(2)21-6-4-5-11-24-21/h4-14,17H,15H2,1-3H3,(H,25,27)/t17-/m0/s1. The fourth-order valence-corrected chi connectivity index (χ4v) is 2.86. The van der Waals surface area contributed by atoms with Crippen molar-refractivity contribution in [2.45, 2.75) is 26.4 Å². The molecule has 0 aliphatic carbocycles. The quantitative estimate of drug-likeness (QED) is 0.715. The first-order valence-electron chi connectivity index (χ1n) is 8.96. The molecular formula is C22H24N4O. The van der Waals surface area contributed by atoms with Gasteiger partial charge in [0.1, 0.15) is 0 Å². The van der Waals surface area contributed by atoms with E-state index in [1.54, 1.807) is 12.4 Å². The second-order valence-electron chi connectivity index (χ2n) is 6.75. The lowest BCUT2D eigenvalue weighted by molar-refractivity contribution is 0.102. The van der Waals surface area contributed by atoms with E-state index in [1.807, 2.05) is 61.7 Å². The molecule has 2 heterocycles. The van der Waals surface area contributed by atoms with Crippen molar-refractivity contribution >= 4 is 11.6 Å². The Kier molecular flexibility index (Phi) is 5.94. The zero-order chi connectivity index (χ0) is 19.2. The van der Waals surface area contributed by atoms with Gasteiger partial charge in [-0.3, -0.25) is 19.7 Å². The van der Waals surface area contributed by atoms with Crippen molar-refractivity contribution < 1.29 is 4.79 Å². The number of pyridine rings is 2. The van der Waals surface area contributed by atoms with Crippen LogP contribution in [0.1, 0.15) is 40.1 Å². The van der Waals surface area contributed by atoms with E-state index >= 15 is 0 Å². The van der Waals surface area contributed by atoms with E-state index in [0.29, 0.717) is 11.3 Å². The predicted molar refractivity (Wildman–Crippen MR) is 107 cm³/mol. The summed E-state index contributed by atoms with van der Waals surface area (Å²) in [6.07, 6.45) is 5.22. The average molecular weight is 360 g/mol. The molecule has 0 saturated carbocycles. The third kappa shape index (κ3) is 4.99. The van der Waals surface area contributed by atoms with Crippen molar-refractivity contribution in [3.63, 3.8) is 0 Å². The Morgan fingerprint density at radius 3 is 2.59 bits per heavy atom. The number of carbonyl (C=O) groups is 1. The van der Waals surface area contributed by atoms with Crippen LogP contribution in [0.5, 0.6) is 0 Å². The monoisotopic (exact) mass is 360 g/mol. The number of hydrogen-bond donors (Lipinski definition) is 1. The van der Waals surface area contributed by atoms with Crippen LogP contribution in [-0.2, 0) is 6.54 Å². The number of nitrogens with one attached hydrogen (secondary N) is 1. The van der Waals surface area contributed by atoms with Crippen LogP contribution in [0.2, 0.25) is 0 Å². The lowest BCUT2D eigenvalue weighted by atomic mass is 10.1. The molecule has 0 spiro atoms. The number of amides is 1. The molecule has 1 atom stereocenters. The summed E-state index contributed by atoms with van der Waals surface area (Å²) in [5.41, 5.74) is 4.53. The first kappa shape index (κ1) is 18.7. The third-order valence-corrected chi connectivity index (χ3v) is 4.56. The molecule has 3 aromatic rings. The third-order valence-electron chi connectivity index (χ3n) is 4.56. The van der Waals surface area contributed by atoms with E-state index in [-0.39, 0.29) is 11.9 Å². The highest BCUT2D eigenvalue weighted by Crippen LogP contribution is 2.19. The largest absolute Gasteiger partial charge is 0.321 e. The Balaban J connectivity index is 1.62. The molecule has 0 unspecified atom stereocenters. The number of benzene rings is 1. The van der Waals surface area contributed by atoms with Gasteiger partial charge >= 0.3 is 0 Å². The zero-order valence-electron chi connectivity index (χ0n) is 15.9. The summed E-state index contributed by atoms with van der Waals surface area (Å²) in [5, 5.41) is 2.88. The Morgan fingerprint density at radius 2 is 1.93 bits per heavy atom. The Morgan fingerprint density at radius 1 is 1.15 bits per heavy atom. The summed E-state index contributed by atoms with van der Waals surface area (Å²) in [4.78, 5) is 23.1. The van der Waals surface area contributed by atoms with Crippen LogP contribution in [0.3, 0.4) is 0 Å². The number of anilines is 1. The summed E-state index contributed by atoms with van der Waals surface area (Å²) in [6, 6.07) is 15.8. The van der Waals surface area contributed by atoms with Gasteiger partial charge in [0.2, 0.25) is 0 Å². The predicted octanol–water partition coefficient (Wildman–Crippen LogP) is 4.23. The second-order valence-corrected chi connectivity index (χ2v) is 6.75. The van der Waals surface area contributed by atoms with Gasteiger partial charge in [0.05, 0.1) is 17.6 Å². The fraction of sp³-hybridized carbons (Fsp3) is 0.227. The highest BCUT2D eigenvalue weighted by molar-refractivity contribution is 6.04. The lowest BCUT2D eigenvalue weighted by Gasteiger charge is -2.24. The number of aryl methyl sites for hydroxylation is 1. The SMILES string of the molecule is Cc1cncc(NC(=O)c2ccc(CN(C)[C@@H](C)c3ccccn3)cc2)c1. The van der Waals surface area contributed by atoms with Crippen molar-refractivity contribution in [3.8, 4) is 0 Å². The van der Waals surface area contributed by atoms with Gasteiger partial charge in [-0.15, -0.1) is 0 Å². The summed E-state index contributed by atoms with van der Waals surface area (Å²) in [7, 11) is 2.07. The topological polar surface area (TPSA) is 58.1 Å². The maximum Gasteiger partial charge on any atom is 0.255 e. The Bertz CT molecular complexity index is 894. The molecule has 5 nitrogen and oxygen atoms in total. The minimum Gasteiger partial charge on any atom is -0.321 e. The van der Waals surface area contributed by atoms with E-state index in [4.69, 9.17) is 0 Å². The number of hydrogen-bond acceptors (Lipinski definition) is 4. The van der Waals surface area contributed by atoms with Crippen molar-refractivity contribution in [2.24, 2.45) is 0 Å². The minimum atomic E-state index is -0.135. The molecule has 0 radical (unpaired) electrons. The maximum atomic E-state index is 12.4. The summed E-state index contributed by atoms with van der Waals surface area (Å²) >= 11 is 0. The number of carbonyl (C=O) groups excluding carboxylic acids is 1. The molecule has 5 heteroatoms. The first-order chi connectivity index (χ1) is 13.0. The van der Waals surface area contributed by atoms with Gasteiger partial charge in [0.25, 0.3) is 5.91 Å². The summed E-state index contributed by atoms with van der Waals surface area (Å²) < 4.78 is 0. The molecule has 2 aromatic heterocycles. The molecule has 0 saturated heterocycles. The molecule has 3 rings (SSSR count). The zero-order valence-corrected chi connectivity index (χ0v) is 15.9. The normalized spacial score (nSPS) is 12.0. The van der Waals surface area contributed by atoms with Crippen molar-refractivity contribution in [3.05, 3.63) is 89.5 Å². The highest BCUT2D eigenvalue weighted by atomic mass is 16.1. The highest BCUT2D eigenvalue weighted by Gasteiger charge is 2.13. The van der Waals surface area contributed by atoms with Crippen LogP contribution in [0.15, 0.2) is 67.1 Å². The fourth-order valence-electron chi connectivity index (χ4n) is 2.86. The maximum absolute atomic E-state index is 12.4. The molecule has 1 aromatic carbocycles.